The summed E-state index contributed by atoms with van der Waals surface area (Å²) in [4.78, 5) is 43.4. The van der Waals surface area contributed by atoms with E-state index in [-0.39, 0.29) is 0 Å². The molecule has 0 amide bonds. The molecule has 83 heavy (non-hydrogen) atoms. The van der Waals surface area contributed by atoms with Crippen LogP contribution in [0.1, 0.15) is 27.7 Å². The second-order valence-electron chi connectivity index (χ2n) is 21.9. The molecule has 0 radical (unpaired) electrons. The first-order valence-corrected chi connectivity index (χ1v) is 27.8. The maximum atomic E-state index is 6.41. The first-order valence-electron chi connectivity index (χ1n) is 27.8. The van der Waals surface area contributed by atoms with Gasteiger partial charge in [-0.2, -0.15) is 0 Å². The van der Waals surface area contributed by atoms with E-state index in [0.29, 0.717) is 17.5 Å². The predicted octanol–water partition coefficient (Wildman–Crippen LogP) is 15.8. The van der Waals surface area contributed by atoms with Gasteiger partial charge in [-0.05, 0) is 115 Å². The maximum absolute atomic E-state index is 6.41. The van der Waals surface area contributed by atoms with E-state index in [1.165, 1.54) is 32.3 Å². The number of para-hydroxylation sites is 2. The number of rotatable bonds is 6. The molecule has 0 saturated carbocycles. The third-order valence-electron chi connectivity index (χ3n) is 16.5. The van der Waals surface area contributed by atoms with E-state index in [1.54, 1.807) is 24.8 Å². The van der Waals surface area contributed by atoms with Crippen LogP contribution in [0.15, 0.2) is 231 Å². The van der Waals surface area contributed by atoms with Crippen LogP contribution < -0.4 is 5.46 Å². The summed E-state index contributed by atoms with van der Waals surface area (Å²) in [6.07, 6.45) is 10.6. The van der Waals surface area contributed by atoms with E-state index < -0.39 is 18.3 Å². The normalized spacial score (nSPS) is 13.9. The molecule has 0 atom stereocenters. The molecule has 1 aliphatic rings. The van der Waals surface area contributed by atoms with E-state index in [9.17, 15) is 0 Å². The molecular formula is C71H50BN9O2. The largest absolute Gasteiger partial charge is 0.495 e. The summed E-state index contributed by atoms with van der Waals surface area (Å²) in [5.74, 6) is 1.68. The highest BCUT2D eigenvalue weighted by atomic mass is 16.7. The average Bonchev–Trinajstić information content (AvgIpc) is 3.88. The van der Waals surface area contributed by atoms with Crippen molar-refractivity contribution in [2.75, 3.05) is 0 Å². The number of nitrogens with zero attached hydrogens (tertiary/aromatic N) is 9. The minimum atomic E-state index is -0.462. The molecule has 0 aliphatic carbocycles. The van der Waals surface area contributed by atoms with Gasteiger partial charge in [-0.25, -0.2) is 24.9 Å². The van der Waals surface area contributed by atoms with Crippen LogP contribution in [0.25, 0.3) is 143 Å². The molecule has 8 aromatic carbocycles. The van der Waals surface area contributed by atoms with Gasteiger partial charge < -0.3 is 9.31 Å². The van der Waals surface area contributed by atoms with Crippen molar-refractivity contribution in [2.45, 2.75) is 38.9 Å². The summed E-state index contributed by atoms with van der Waals surface area (Å²) in [7, 11) is -0.462. The SMILES string of the molecule is CC1(C)OB(c2ccc(-c3nc4ccccc4c4c3ccc3ccccc34)c3ncccc23)OC1(C)C.c1ccc2c(c1)ccc1c(-c3ccc(-c4nc(-c5ccncc5)nc(-c5ccncc5)n4)c4cccnc34)nc3ccccc3c12. The lowest BCUT2D eigenvalue weighted by molar-refractivity contribution is 0.00578. The molecule has 1 fully saturated rings. The molecule has 0 spiro atoms. The molecule has 0 unspecified atom stereocenters. The van der Waals surface area contributed by atoms with Gasteiger partial charge in [0, 0.05) is 108 Å². The van der Waals surface area contributed by atoms with Gasteiger partial charge in [-0.3, -0.25) is 19.9 Å². The van der Waals surface area contributed by atoms with Crippen molar-refractivity contribution < 1.29 is 9.31 Å². The molecule has 16 rings (SSSR count). The van der Waals surface area contributed by atoms with Crippen molar-refractivity contribution in [3.8, 4) is 56.7 Å². The van der Waals surface area contributed by atoms with Crippen molar-refractivity contribution in [3.05, 3.63) is 231 Å². The second-order valence-corrected chi connectivity index (χ2v) is 21.9. The third kappa shape index (κ3) is 8.49. The lowest BCUT2D eigenvalue weighted by Crippen LogP contribution is -2.41. The van der Waals surface area contributed by atoms with E-state index in [1.807, 2.05) is 60.9 Å². The Morgan fingerprint density at radius 1 is 0.325 bits per heavy atom. The Morgan fingerprint density at radius 2 is 0.747 bits per heavy atom. The summed E-state index contributed by atoms with van der Waals surface area (Å²) in [6.45, 7) is 8.32. The first kappa shape index (κ1) is 49.8. The fourth-order valence-corrected chi connectivity index (χ4v) is 11.7. The maximum Gasteiger partial charge on any atom is 0.495 e. The molecule has 1 saturated heterocycles. The highest BCUT2D eigenvalue weighted by molar-refractivity contribution is 6.65. The van der Waals surface area contributed by atoms with Gasteiger partial charge in [0.2, 0.25) is 0 Å². The highest BCUT2D eigenvalue weighted by Gasteiger charge is 2.52. The molecule has 0 bridgehead atoms. The number of benzene rings is 8. The van der Waals surface area contributed by atoms with Crippen LogP contribution in [0.4, 0.5) is 0 Å². The minimum absolute atomic E-state index is 0.415. The standard InChI is InChI=1S/C39H23N7.C32H27BN2O2/c1-2-7-27-24(6-1)11-12-31-34(27)30-8-3-4-10-33(30)43-36(31)32-14-13-29(28-9-5-19-42-35(28)32)39-45-37(25-15-20-40-21-16-25)44-38(46-39)26-17-22-41-23-18-26;1-31(2)32(3,4)37-33(36-31)26-18-17-25(29-22(26)13-9-19-34-29)30-24-16-15-20-10-5-6-11-21(20)28(24)23-12-7-8-14-27(23)35-30/h1-23H;5-19H,1-4H3. The Hall–Kier alpha value is -10.3. The minimum Gasteiger partial charge on any atom is -0.399 e. The van der Waals surface area contributed by atoms with Crippen LogP contribution in [0.3, 0.4) is 0 Å². The topological polar surface area (TPSA) is 134 Å². The Labute approximate surface area is 478 Å². The van der Waals surface area contributed by atoms with E-state index >= 15 is 0 Å². The Balaban J connectivity index is 0.000000145. The van der Waals surface area contributed by atoms with Crippen LogP contribution in [-0.2, 0) is 9.31 Å². The Morgan fingerprint density at radius 3 is 1.28 bits per heavy atom. The van der Waals surface area contributed by atoms with E-state index in [0.717, 1.165) is 99.1 Å². The van der Waals surface area contributed by atoms with Crippen LogP contribution >= 0.6 is 0 Å². The molecule has 394 valence electrons. The zero-order chi connectivity index (χ0) is 55.8. The van der Waals surface area contributed by atoms with E-state index in [2.05, 4.69) is 183 Å². The Kier molecular flexibility index (Phi) is 11.9. The quantitative estimate of drug-likeness (QED) is 0.116. The summed E-state index contributed by atoms with van der Waals surface area (Å²) in [5.41, 5.74) is 10.1. The van der Waals surface area contributed by atoms with Crippen LogP contribution in [0.5, 0.6) is 0 Å². The van der Waals surface area contributed by atoms with Gasteiger partial charge in [0.05, 0.1) is 44.7 Å². The summed E-state index contributed by atoms with van der Waals surface area (Å²) < 4.78 is 12.8. The highest BCUT2D eigenvalue weighted by Crippen LogP contribution is 2.43. The van der Waals surface area contributed by atoms with Gasteiger partial charge in [-0.15, -0.1) is 0 Å². The molecular weight excluding hydrogens is 1020 g/mol. The van der Waals surface area contributed by atoms with Crippen LogP contribution in [0.2, 0.25) is 0 Å². The fourth-order valence-electron chi connectivity index (χ4n) is 11.7. The van der Waals surface area contributed by atoms with Crippen LogP contribution in [0, 0.1) is 0 Å². The van der Waals surface area contributed by atoms with Crippen molar-refractivity contribution >= 4 is 99.3 Å². The molecule has 11 nitrogen and oxygen atoms in total. The lowest BCUT2D eigenvalue weighted by Gasteiger charge is -2.32. The lowest BCUT2D eigenvalue weighted by atomic mass is 9.76. The number of fused-ring (bicyclic) bond motifs is 12. The summed E-state index contributed by atoms with van der Waals surface area (Å²) >= 11 is 0. The average molecular weight is 1070 g/mol. The van der Waals surface area contributed by atoms with Gasteiger partial charge >= 0.3 is 7.12 Å². The fraction of sp³-hybridized carbons (Fsp3) is 0.0845. The summed E-state index contributed by atoms with van der Waals surface area (Å²) in [5, 5.41) is 13.7. The molecule has 12 heteroatoms. The Bertz CT molecular complexity index is 4980. The second kappa shape index (κ2) is 19.8. The predicted molar refractivity (Wildman–Crippen MR) is 336 cm³/mol. The third-order valence-corrected chi connectivity index (χ3v) is 16.5. The zero-order valence-electron chi connectivity index (χ0n) is 45.9. The van der Waals surface area contributed by atoms with Gasteiger partial charge in [0.25, 0.3) is 0 Å². The monoisotopic (exact) mass is 1070 g/mol. The van der Waals surface area contributed by atoms with Gasteiger partial charge in [0.15, 0.2) is 17.5 Å². The van der Waals surface area contributed by atoms with Gasteiger partial charge in [-0.1, -0.05) is 133 Å². The van der Waals surface area contributed by atoms with Gasteiger partial charge in [0.1, 0.15) is 0 Å². The molecule has 0 N–H and O–H groups in total. The van der Waals surface area contributed by atoms with Crippen molar-refractivity contribution in [1.82, 2.24) is 44.9 Å². The number of hydrogen-bond acceptors (Lipinski definition) is 11. The molecule has 1 aliphatic heterocycles. The molecule has 8 heterocycles. The van der Waals surface area contributed by atoms with Crippen LogP contribution in [-0.4, -0.2) is 63.2 Å². The number of aromatic nitrogens is 9. The van der Waals surface area contributed by atoms with Crippen molar-refractivity contribution in [1.29, 1.82) is 0 Å². The molecule has 15 aromatic rings. The summed E-state index contributed by atoms with van der Waals surface area (Å²) in [6, 6.07) is 66.7. The van der Waals surface area contributed by atoms with Crippen molar-refractivity contribution in [3.63, 3.8) is 0 Å². The number of pyridine rings is 6. The number of hydrogen-bond donors (Lipinski definition) is 0. The van der Waals surface area contributed by atoms with Crippen molar-refractivity contribution in [2.24, 2.45) is 0 Å². The first-order chi connectivity index (χ1) is 40.7. The smallest absolute Gasteiger partial charge is 0.399 e. The zero-order valence-corrected chi connectivity index (χ0v) is 45.9. The molecule has 7 aromatic heterocycles. The van der Waals surface area contributed by atoms with E-state index in [4.69, 9.17) is 44.2 Å².